The summed E-state index contributed by atoms with van der Waals surface area (Å²) in [7, 11) is 1.39. The molecule has 0 aliphatic carbocycles. The number of hydrogen-bond acceptors (Lipinski definition) is 6. The minimum atomic E-state index is -0.933. The van der Waals surface area contributed by atoms with Gasteiger partial charge in [-0.15, -0.1) is 0 Å². The molecule has 0 unspecified atom stereocenters. The van der Waals surface area contributed by atoms with Gasteiger partial charge < -0.3 is 20.1 Å². The zero-order valence-electron chi connectivity index (χ0n) is 22.3. The summed E-state index contributed by atoms with van der Waals surface area (Å²) in [4.78, 5) is 42.6. The third-order valence-corrected chi connectivity index (χ3v) is 6.55. The molecule has 2 atom stereocenters. The molecule has 0 fully saturated rings. The molecule has 3 aromatic rings. The topological polar surface area (TPSA) is 107 Å². The van der Waals surface area contributed by atoms with Crippen molar-refractivity contribution < 1.29 is 23.9 Å². The Labute approximate surface area is 238 Å². The van der Waals surface area contributed by atoms with Gasteiger partial charge in [-0.25, -0.2) is 4.98 Å². The lowest BCUT2D eigenvalue weighted by Gasteiger charge is -2.27. The third kappa shape index (κ3) is 7.71. The maximum Gasteiger partial charge on any atom is 0.313 e. The van der Waals surface area contributed by atoms with Gasteiger partial charge in [0.25, 0.3) is 5.91 Å². The molecule has 39 heavy (non-hydrogen) atoms. The van der Waals surface area contributed by atoms with Gasteiger partial charge in [0.05, 0.1) is 13.0 Å². The Bertz CT molecular complexity index is 1270. The zero-order chi connectivity index (χ0) is 28.7. The molecule has 10 heteroatoms. The molecule has 8 nitrogen and oxygen atoms in total. The number of amides is 2. The molecule has 1 aromatic heterocycles. The van der Waals surface area contributed by atoms with E-state index in [1.54, 1.807) is 45.0 Å². The monoisotopic (exact) mass is 571 g/mol. The van der Waals surface area contributed by atoms with E-state index in [0.717, 1.165) is 11.1 Å². The summed E-state index contributed by atoms with van der Waals surface area (Å²) in [5.74, 6) is -2.24. The highest BCUT2D eigenvalue weighted by atomic mass is 35.5. The van der Waals surface area contributed by atoms with E-state index in [-0.39, 0.29) is 29.2 Å². The first-order valence-electron chi connectivity index (χ1n) is 12.4. The maximum atomic E-state index is 13.2. The number of pyridine rings is 1. The first-order chi connectivity index (χ1) is 18.5. The van der Waals surface area contributed by atoms with Crippen LogP contribution in [0.5, 0.6) is 11.5 Å². The van der Waals surface area contributed by atoms with E-state index < -0.39 is 29.7 Å². The van der Waals surface area contributed by atoms with Crippen LogP contribution in [0, 0.1) is 5.92 Å². The van der Waals surface area contributed by atoms with Gasteiger partial charge in [0.15, 0.2) is 11.4 Å². The number of benzene rings is 2. The van der Waals surface area contributed by atoms with E-state index in [2.05, 4.69) is 15.6 Å². The Hall–Kier alpha value is -3.62. The fourth-order valence-corrected chi connectivity index (χ4v) is 4.20. The second-order valence-corrected chi connectivity index (χ2v) is 10.2. The van der Waals surface area contributed by atoms with E-state index >= 15 is 0 Å². The molecule has 0 spiro atoms. The normalized spacial score (nSPS) is 12.5. The van der Waals surface area contributed by atoms with Crippen LogP contribution >= 0.6 is 23.2 Å². The minimum absolute atomic E-state index is 0.109. The van der Waals surface area contributed by atoms with Crippen molar-refractivity contribution in [2.24, 2.45) is 5.92 Å². The Morgan fingerprint density at radius 1 is 0.821 bits per heavy atom. The summed E-state index contributed by atoms with van der Waals surface area (Å²) in [6, 6.07) is 15.0. The average Bonchev–Trinajstić information content (AvgIpc) is 2.90. The highest BCUT2D eigenvalue weighted by molar-refractivity contribution is 6.30. The van der Waals surface area contributed by atoms with E-state index in [0.29, 0.717) is 10.0 Å². The van der Waals surface area contributed by atoms with E-state index in [1.807, 2.05) is 31.2 Å². The first-order valence-corrected chi connectivity index (χ1v) is 13.1. The van der Waals surface area contributed by atoms with Crippen molar-refractivity contribution in [3.8, 4) is 11.5 Å². The third-order valence-electron chi connectivity index (χ3n) is 6.05. The molecule has 0 saturated heterocycles. The number of methoxy groups -OCH3 is 1. The van der Waals surface area contributed by atoms with Gasteiger partial charge in [-0.05, 0) is 49.2 Å². The summed E-state index contributed by atoms with van der Waals surface area (Å²) >= 11 is 12.2. The predicted octanol–water partition coefficient (Wildman–Crippen LogP) is 5.41. The number of rotatable bonds is 10. The van der Waals surface area contributed by atoms with Crippen LogP contribution in [0.1, 0.15) is 55.2 Å². The molecular formula is C29H31Cl2N3O5. The summed E-state index contributed by atoms with van der Waals surface area (Å²) in [6.45, 7) is 6.77. The quantitative estimate of drug-likeness (QED) is 0.315. The average molecular weight is 572 g/mol. The number of carbonyl (C=O) groups excluding carboxylic acids is 3. The van der Waals surface area contributed by atoms with Gasteiger partial charge in [0.2, 0.25) is 11.7 Å². The second-order valence-electron chi connectivity index (χ2n) is 9.34. The van der Waals surface area contributed by atoms with Crippen molar-refractivity contribution >= 4 is 41.0 Å². The number of nitrogens with zero attached hydrogens (tertiary/aromatic N) is 1. The van der Waals surface area contributed by atoms with Crippen LogP contribution < -0.4 is 20.1 Å². The van der Waals surface area contributed by atoms with Crippen LogP contribution in [0.4, 0.5) is 0 Å². The van der Waals surface area contributed by atoms with Crippen molar-refractivity contribution in [2.75, 3.05) is 7.11 Å². The van der Waals surface area contributed by atoms with Gasteiger partial charge in [-0.3, -0.25) is 14.4 Å². The first kappa shape index (κ1) is 29.9. The van der Waals surface area contributed by atoms with Crippen molar-refractivity contribution in [2.45, 2.75) is 45.7 Å². The molecule has 2 amide bonds. The zero-order valence-corrected chi connectivity index (χ0v) is 23.8. The molecule has 2 aromatic carbocycles. The van der Waals surface area contributed by atoms with Gasteiger partial charge in [0.1, 0.15) is 6.04 Å². The number of ether oxygens (including phenoxy) is 2. The van der Waals surface area contributed by atoms with Crippen LogP contribution in [0.3, 0.4) is 0 Å². The largest absolute Gasteiger partial charge is 0.493 e. The molecule has 2 N–H and O–H groups in total. The number of hydrogen-bond donors (Lipinski definition) is 2. The number of aromatic nitrogens is 1. The Balaban J connectivity index is 1.78. The molecule has 0 bridgehead atoms. The lowest BCUT2D eigenvalue weighted by Crippen LogP contribution is -2.49. The molecule has 3 rings (SSSR count). The van der Waals surface area contributed by atoms with Crippen LogP contribution in [-0.4, -0.2) is 42.0 Å². The van der Waals surface area contributed by atoms with Crippen molar-refractivity contribution in [1.82, 2.24) is 15.6 Å². The summed E-state index contributed by atoms with van der Waals surface area (Å²) < 4.78 is 10.7. The van der Waals surface area contributed by atoms with Crippen LogP contribution in [0.2, 0.25) is 10.0 Å². The van der Waals surface area contributed by atoms with Crippen molar-refractivity contribution in [3.63, 3.8) is 0 Å². The molecule has 1 heterocycles. The summed E-state index contributed by atoms with van der Waals surface area (Å²) in [5.41, 5.74) is 1.73. The lowest BCUT2D eigenvalue weighted by atomic mass is 9.85. The van der Waals surface area contributed by atoms with Crippen LogP contribution in [0.25, 0.3) is 0 Å². The number of carbonyl (C=O) groups is 3. The fourth-order valence-electron chi connectivity index (χ4n) is 3.94. The Morgan fingerprint density at radius 2 is 1.36 bits per heavy atom. The van der Waals surface area contributed by atoms with E-state index in [4.69, 9.17) is 32.7 Å². The summed E-state index contributed by atoms with van der Waals surface area (Å²) in [5, 5.41) is 6.84. The summed E-state index contributed by atoms with van der Waals surface area (Å²) in [6.07, 6.45) is 1.36. The molecule has 0 radical (unpaired) electrons. The number of nitrogens with one attached hydrogen (secondary N) is 2. The molecule has 0 aliphatic rings. The van der Waals surface area contributed by atoms with Gasteiger partial charge in [-0.1, -0.05) is 61.3 Å². The number of halogens is 2. The fraction of sp³-hybridized carbons (Fsp3) is 0.310. The Morgan fingerprint density at radius 3 is 1.85 bits per heavy atom. The van der Waals surface area contributed by atoms with Crippen LogP contribution in [0.15, 0.2) is 60.8 Å². The SMILES string of the molecule is COc1ccnc(C(=O)N[C@@H](C)C(=O)N[C@@H](C)C(c2ccc(Cl)cc2)c2ccc(Cl)cc2)c1OC(=O)C(C)C. The van der Waals surface area contributed by atoms with Crippen molar-refractivity contribution in [3.05, 3.63) is 87.7 Å². The minimum Gasteiger partial charge on any atom is -0.493 e. The Kier molecular flexibility index (Phi) is 10.3. The van der Waals surface area contributed by atoms with Crippen molar-refractivity contribution in [1.29, 1.82) is 0 Å². The predicted molar refractivity (Wildman–Crippen MR) is 151 cm³/mol. The molecule has 0 aliphatic heterocycles. The van der Waals surface area contributed by atoms with Gasteiger partial charge in [-0.2, -0.15) is 0 Å². The maximum absolute atomic E-state index is 13.2. The lowest BCUT2D eigenvalue weighted by molar-refractivity contribution is -0.137. The smallest absolute Gasteiger partial charge is 0.313 e. The van der Waals surface area contributed by atoms with Crippen LogP contribution in [-0.2, 0) is 9.59 Å². The molecule has 0 saturated carbocycles. The van der Waals surface area contributed by atoms with E-state index in [1.165, 1.54) is 19.4 Å². The molecular weight excluding hydrogens is 541 g/mol. The second kappa shape index (κ2) is 13.4. The number of esters is 1. The highest BCUT2D eigenvalue weighted by Crippen LogP contribution is 2.31. The van der Waals surface area contributed by atoms with Gasteiger partial charge >= 0.3 is 5.97 Å². The highest BCUT2D eigenvalue weighted by Gasteiger charge is 2.28. The molecule has 206 valence electrons. The van der Waals surface area contributed by atoms with Gasteiger partial charge in [0, 0.05) is 34.3 Å². The standard InChI is InChI=1S/C29H31Cl2N3O5/c1-16(2)29(37)39-26-23(38-5)14-15-32-25(26)28(36)34-18(4)27(35)33-17(3)24(19-6-10-21(30)11-7-19)20-8-12-22(31)13-9-20/h6-18,24H,1-5H3,(H,33,35)(H,34,36)/t17-,18-/m0/s1. The van der Waals surface area contributed by atoms with E-state index in [9.17, 15) is 14.4 Å².